The molecular formula is C19H27NS. The third-order valence-electron chi connectivity index (χ3n) is 4.35. The van der Waals surface area contributed by atoms with Crippen LogP contribution < -0.4 is 5.32 Å². The van der Waals surface area contributed by atoms with E-state index in [-0.39, 0.29) is 0 Å². The van der Waals surface area contributed by atoms with Crippen molar-refractivity contribution in [1.82, 2.24) is 5.32 Å². The molecule has 0 spiro atoms. The highest BCUT2D eigenvalue weighted by Gasteiger charge is 2.23. The third-order valence-corrected chi connectivity index (χ3v) is 5.34. The Kier molecular flexibility index (Phi) is 6.47. The first-order valence-corrected chi connectivity index (χ1v) is 9.02. The zero-order chi connectivity index (χ0) is 15.1. The lowest BCUT2D eigenvalue weighted by molar-refractivity contribution is 0.307. The van der Waals surface area contributed by atoms with Gasteiger partial charge in [-0.25, -0.2) is 0 Å². The molecule has 0 saturated heterocycles. The summed E-state index contributed by atoms with van der Waals surface area (Å²) < 4.78 is 0. The van der Waals surface area contributed by atoms with Gasteiger partial charge in [0.1, 0.15) is 0 Å². The lowest BCUT2D eigenvalue weighted by Gasteiger charge is -2.31. The molecule has 2 aromatic rings. The molecule has 1 heterocycles. The number of hydrogen-bond donors (Lipinski definition) is 1. The minimum Gasteiger partial charge on any atom is -0.302 e. The molecule has 0 aliphatic rings. The van der Waals surface area contributed by atoms with E-state index in [0.29, 0.717) is 18.0 Å². The van der Waals surface area contributed by atoms with Crippen LogP contribution in [-0.2, 0) is 0 Å². The summed E-state index contributed by atoms with van der Waals surface area (Å²) in [4.78, 5) is 1.45. The molecule has 114 valence electrons. The molecule has 21 heavy (non-hydrogen) atoms. The second kappa shape index (κ2) is 8.35. The Morgan fingerprint density at radius 1 is 0.905 bits per heavy atom. The highest BCUT2D eigenvalue weighted by Crippen LogP contribution is 2.32. The predicted octanol–water partition coefficient (Wildman–Crippen LogP) is 5.97. The highest BCUT2D eigenvalue weighted by molar-refractivity contribution is 7.10. The van der Waals surface area contributed by atoms with Crippen LogP contribution in [-0.4, -0.2) is 0 Å². The fraction of sp³-hybridized carbons (Fsp3) is 0.474. The smallest absolute Gasteiger partial charge is 0.0417 e. The molecule has 0 radical (unpaired) electrons. The van der Waals surface area contributed by atoms with Crippen LogP contribution in [0.5, 0.6) is 0 Å². The number of nitrogens with one attached hydrogen (secondary N) is 1. The van der Waals surface area contributed by atoms with Gasteiger partial charge in [-0.2, -0.15) is 0 Å². The van der Waals surface area contributed by atoms with E-state index in [1.165, 1.54) is 23.3 Å². The SMILES string of the molecule is CCC(NC(c1ccccc1)C(CC)CC)c1cccs1. The van der Waals surface area contributed by atoms with Gasteiger partial charge in [0, 0.05) is 17.0 Å². The lowest BCUT2D eigenvalue weighted by Crippen LogP contribution is -2.31. The lowest BCUT2D eigenvalue weighted by atomic mass is 9.88. The summed E-state index contributed by atoms with van der Waals surface area (Å²) in [6.07, 6.45) is 3.55. The second-order valence-corrected chi connectivity index (χ2v) is 6.59. The molecule has 0 amide bonds. The number of rotatable bonds is 8. The zero-order valence-corrected chi connectivity index (χ0v) is 14.2. The van der Waals surface area contributed by atoms with Gasteiger partial charge in [0.15, 0.2) is 0 Å². The second-order valence-electron chi connectivity index (χ2n) is 5.61. The Hall–Kier alpha value is -1.12. The summed E-state index contributed by atoms with van der Waals surface area (Å²) in [6.45, 7) is 6.88. The van der Waals surface area contributed by atoms with Crippen LogP contribution in [0.15, 0.2) is 47.8 Å². The van der Waals surface area contributed by atoms with E-state index in [9.17, 15) is 0 Å². The summed E-state index contributed by atoms with van der Waals surface area (Å²) in [7, 11) is 0. The normalized spacial score (nSPS) is 14.3. The number of thiophene rings is 1. The van der Waals surface area contributed by atoms with Crippen LogP contribution in [0.3, 0.4) is 0 Å². The quantitative estimate of drug-likeness (QED) is 0.633. The molecule has 2 rings (SSSR count). The molecule has 1 N–H and O–H groups in total. The topological polar surface area (TPSA) is 12.0 Å². The van der Waals surface area contributed by atoms with Gasteiger partial charge in [-0.1, -0.05) is 70.0 Å². The first kappa shape index (κ1) is 16.3. The molecule has 2 heteroatoms. The van der Waals surface area contributed by atoms with Crippen molar-refractivity contribution < 1.29 is 0 Å². The molecule has 0 aliphatic heterocycles. The summed E-state index contributed by atoms with van der Waals surface area (Å²) in [5.41, 5.74) is 1.42. The maximum absolute atomic E-state index is 3.93. The van der Waals surface area contributed by atoms with E-state index in [4.69, 9.17) is 0 Å². The summed E-state index contributed by atoms with van der Waals surface area (Å²) in [6, 6.07) is 16.2. The average Bonchev–Trinajstić information content (AvgIpc) is 3.06. The summed E-state index contributed by atoms with van der Waals surface area (Å²) >= 11 is 1.86. The third kappa shape index (κ3) is 4.18. The van der Waals surface area contributed by atoms with Gasteiger partial charge in [0.2, 0.25) is 0 Å². The van der Waals surface area contributed by atoms with Crippen LogP contribution in [0.2, 0.25) is 0 Å². The van der Waals surface area contributed by atoms with Crippen molar-refractivity contribution in [3.8, 4) is 0 Å². The van der Waals surface area contributed by atoms with Crippen LogP contribution >= 0.6 is 11.3 Å². The van der Waals surface area contributed by atoms with Crippen LogP contribution in [0, 0.1) is 5.92 Å². The predicted molar refractivity (Wildman–Crippen MR) is 93.7 cm³/mol. The minimum absolute atomic E-state index is 0.438. The van der Waals surface area contributed by atoms with Gasteiger partial charge >= 0.3 is 0 Å². The fourth-order valence-electron chi connectivity index (χ4n) is 3.03. The van der Waals surface area contributed by atoms with E-state index in [1.54, 1.807) is 0 Å². The molecule has 2 atom stereocenters. The highest BCUT2D eigenvalue weighted by atomic mass is 32.1. The van der Waals surface area contributed by atoms with Gasteiger partial charge in [0.25, 0.3) is 0 Å². The minimum atomic E-state index is 0.438. The first-order valence-electron chi connectivity index (χ1n) is 8.14. The van der Waals surface area contributed by atoms with Crippen LogP contribution in [0.4, 0.5) is 0 Å². The summed E-state index contributed by atoms with van der Waals surface area (Å²) in [5, 5.41) is 6.11. The number of hydrogen-bond acceptors (Lipinski definition) is 2. The number of benzene rings is 1. The Labute approximate surface area is 133 Å². The van der Waals surface area contributed by atoms with Gasteiger partial charge < -0.3 is 5.32 Å². The Bertz CT molecular complexity index is 488. The molecule has 1 nitrogen and oxygen atoms in total. The first-order chi connectivity index (χ1) is 10.3. The van der Waals surface area contributed by atoms with E-state index < -0.39 is 0 Å². The largest absolute Gasteiger partial charge is 0.302 e. The fourth-order valence-corrected chi connectivity index (χ4v) is 3.90. The molecule has 0 bridgehead atoms. The molecule has 1 aromatic carbocycles. The van der Waals surface area contributed by atoms with Gasteiger partial charge in [-0.15, -0.1) is 11.3 Å². The molecule has 0 fully saturated rings. The zero-order valence-electron chi connectivity index (χ0n) is 13.4. The Balaban J connectivity index is 2.23. The monoisotopic (exact) mass is 301 g/mol. The Morgan fingerprint density at radius 2 is 1.62 bits per heavy atom. The van der Waals surface area contributed by atoms with Crippen molar-refractivity contribution in [1.29, 1.82) is 0 Å². The van der Waals surface area contributed by atoms with Crippen molar-refractivity contribution in [2.75, 3.05) is 0 Å². The molecule has 0 aliphatic carbocycles. The molecular weight excluding hydrogens is 274 g/mol. The van der Waals surface area contributed by atoms with Crippen molar-refractivity contribution in [3.05, 3.63) is 58.3 Å². The van der Waals surface area contributed by atoms with Crippen molar-refractivity contribution in [3.63, 3.8) is 0 Å². The van der Waals surface area contributed by atoms with Crippen molar-refractivity contribution in [2.24, 2.45) is 5.92 Å². The van der Waals surface area contributed by atoms with Crippen molar-refractivity contribution in [2.45, 2.75) is 52.1 Å². The maximum Gasteiger partial charge on any atom is 0.0417 e. The molecule has 1 aromatic heterocycles. The van der Waals surface area contributed by atoms with Gasteiger partial charge in [-0.3, -0.25) is 0 Å². The molecule has 0 saturated carbocycles. The van der Waals surface area contributed by atoms with E-state index in [0.717, 1.165) is 6.42 Å². The summed E-state index contributed by atoms with van der Waals surface area (Å²) in [5.74, 6) is 0.682. The van der Waals surface area contributed by atoms with E-state index in [1.807, 2.05) is 11.3 Å². The van der Waals surface area contributed by atoms with Crippen LogP contribution in [0.1, 0.15) is 62.6 Å². The Morgan fingerprint density at radius 3 is 2.14 bits per heavy atom. The van der Waals surface area contributed by atoms with Gasteiger partial charge in [-0.05, 0) is 29.3 Å². The van der Waals surface area contributed by atoms with Crippen molar-refractivity contribution >= 4 is 11.3 Å². The molecule has 2 unspecified atom stereocenters. The van der Waals surface area contributed by atoms with Gasteiger partial charge in [0.05, 0.1) is 0 Å². The van der Waals surface area contributed by atoms with E-state index >= 15 is 0 Å². The van der Waals surface area contributed by atoms with E-state index in [2.05, 4.69) is 73.9 Å². The maximum atomic E-state index is 3.93. The average molecular weight is 301 g/mol. The van der Waals surface area contributed by atoms with Crippen LogP contribution in [0.25, 0.3) is 0 Å². The standard InChI is InChI=1S/C19H27NS/c1-4-15(5-2)19(16-11-8-7-9-12-16)20-17(6-3)18-13-10-14-21-18/h7-15,17,19-20H,4-6H2,1-3H3.